The van der Waals surface area contributed by atoms with E-state index in [0.29, 0.717) is 6.54 Å². The zero-order valence-electron chi connectivity index (χ0n) is 9.65. The maximum absolute atomic E-state index is 12.2. The SMILES string of the molecule is Cc1cccc(C(=O)N2CCC(N)C2)c1I.Cl. The molecule has 1 aromatic rings. The Morgan fingerprint density at radius 3 is 2.82 bits per heavy atom. The largest absolute Gasteiger partial charge is 0.337 e. The molecule has 1 fully saturated rings. The highest BCUT2D eigenvalue weighted by Gasteiger charge is 2.25. The number of hydrogen-bond donors (Lipinski definition) is 1. The summed E-state index contributed by atoms with van der Waals surface area (Å²) in [5, 5.41) is 0. The highest BCUT2D eigenvalue weighted by Crippen LogP contribution is 2.20. The summed E-state index contributed by atoms with van der Waals surface area (Å²) in [5.41, 5.74) is 7.76. The van der Waals surface area contributed by atoms with Crippen LogP contribution in [0.25, 0.3) is 0 Å². The molecule has 0 spiro atoms. The number of aryl methyl sites for hydroxylation is 1. The van der Waals surface area contributed by atoms with Gasteiger partial charge in [-0.25, -0.2) is 0 Å². The average molecular weight is 367 g/mol. The summed E-state index contributed by atoms with van der Waals surface area (Å²) in [6, 6.07) is 5.99. The lowest BCUT2D eigenvalue weighted by molar-refractivity contribution is 0.0789. The second kappa shape index (κ2) is 6.02. The average Bonchev–Trinajstić information content (AvgIpc) is 2.68. The molecule has 0 aromatic heterocycles. The Kier molecular flexibility index (Phi) is 5.22. The van der Waals surface area contributed by atoms with Crippen molar-refractivity contribution in [3.63, 3.8) is 0 Å². The van der Waals surface area contributed by atoms with Gasteiger partial charge in [0, 0.05) is 22.7 Å². The fourth-order valence-electron chi connectivity index (χ4n) is 1.95. The molecule has 94 valence electrons. The fraction of sp³-hybridized carbons (Fsp3) is 0.417. The van der Waals surface area contributed by atoms with E-state index in [0.717, 1.165) is 27.7 Å². The molecular formula is C12H16ClIN2O. The van der Waals surface area contributed by atoms with E-state index < -0.39 is 0 Å². The first-order valence-corrected chi connectivity index (χ1v) is 6.47. The molecule has 1 aliphatic heterocycles. The van der Waals surface area contributed by atoms with Crippen molar-refractivity contribution in [1.82, 2.24) is 4.90 Å². The van der Waals surface area contributed by atoms with Gasteiger partial charge in [-0.2, -0.15) is 0 Å². The minimum absolute atomic E-state index is 0. The predicted molar refractivity (Wildman–Crippen MR) is 79.6 cm³/mol. The Balaban J connectivity index is 0.00000144. The number of rotatable bonds is 1. The van der Waals surface area contributed by atoms with E-state index in [1.165, 1.54) is 0 Å². The number of benzene rings is 1. The first kappa shape index (κ1) is 14.7. The Morgan fingerprint density at radius 1 is 1.53 bits per heavy atom. The summed E-state index contributed by atoms with van der Waals surface area (Å²) in [5.74, 6) is 0.112. The van der Waals surface area contributed by atoms with E-state index in [9.17, 15) is 4.79 Å². The Labute approximate surface area is 121 Å². The number of halogens is 2. The van der Waals surface area contributed by atoms with Crippen LogP contribution >= 0.6 is 35.0 Å². The lowest BCUT2D eigenvalue weighted by Gasteiger charge is -2.17. The molecule has 1 saturated heterocycles. The molecule has 1 unspecified atom stereocenters. The van der Waals surface area contributed by atoms with Crippen molar-refractivity contribution >= 4 is 40.9 Å². The number of likely N-dealkylation sites (tertiary alicyclic amines) is 1. The van der Waals surface area contributed by atoms with Gasteiger partial charge in [0.15, 0.2) is 0 Å². The van der Waals surface area contributed by atoms with Crippen LogP contribution in [0, 0.1) is 10.5 Å². The quantitative estimate of drug-likeness (QED) is 0.775. The predicted octanol–water partition coefficient (Wildman–Crippen LogP) is 2.19. The smallest absolute Gasteiger partial charge is 0.254 e. The summed E-state index contributed by atoms with van der Waals surface area (Å²) in [6.07, 6.45) is 0.911. The van der Waals surface area contributed by atoms with Crippen molar-refractivity contribution in [3.8, 4) is 0 Å². The van der Waals surface area contributed by atoms with Crippen LogP contribution in [0.1, 0.15) is 22.3 Å². The Hall–Kier alpha value is -0.330. The van der Waals surface area contributed by atoms with Crippen LogP contribution in [-0.2, 0) is 0 Å². The van der Waals surface area contributed by atoms with Crippen molar-refractivity contribution < 1.29 is 4.79 Å². The lowest BCUT2D eigenvalue weighted by Crippen LogP contribution is -2.32. The molecule has 1 amide bonds. The minimum Gasteiger partial charge on any atom is -0.337 e. The van der Waals surface area contributed by atoms with Crippen LogP contribution in [0.5, 0.6) is 0 Å². The first-order valence-electron chi connectivity index (χ1n) is 5.39. The summed E-state index contributed by atoms with van der Waals surface area (Å²) in [7, 11) is 0. The molecule has 0 saturated carbocycles. The third-order valence-electron chi connectivity index (χ3n) is 2.93. The molecule has 17 heavy (non-hydrogen) atoms. The fourth-order valence-corrected chi connectivity index (χ4v) is 2.54. The normalized spacial score (nSPS) is 19.0. The van der Waals surface area contributed by atoms with E-state index in [1.807, 2.05) is 30.0 Å². The molecule has 1 aromatic carbocycles. The number of nitrogens with two attached hydrogens (primary N) is 1. The number of carbonyl (C=O) groups is 1. The molecule has 0 aliphatic carbocycles. The number of amides is 1. The van der Waals surface area contributed by atoms with Crippen LogP contribution in [0.15, 0.2) is 18.2 Å². The monoisotopic (exact) mass is 366 g/mol. The molecule has 2 rings (SSSR count). The summed E-state index contributed by atoms with van der Waals surface area (Å²) >= 11 is 2.23. The summed E-state index contributed by atoms with van der Waals surface area (Å²) in [4.78, 5) is 14.1. The van der Waals surface area contributed by atoms with Crippen LogP contribution < -0.4 is 5.73 Å². The molecule has 1 aliphatic rings. The van der Waals surface area contributed by atoms with Crippen molar-refractivity contribution in [2.24, 2.45) is 5.73 Å². The third kappa shape index (κ3) is 3.11. The van der Waals surface area contributed by atoms with E-state index >= 15 is 0 Å². The van der Waals surface area contributed by atoms with Gasteiger partial charge in [0.1, 0.15) is 0 Å². The van der Waals surface area contributed by atoms with E-state index in [4.69, 9.17) is 5.73 Å². The minimum atomic E-state index is 0. The molecule has 1 atom stereocenters. The number of hydrogen-bond acceptors (Lipinski definition) is 2. The molecule has 3 nitrogen and oxygen atoms in total. The highest BCUT2D eigenvalue weighted by atomic mass is 127. The summed E-state index contributed by atoms with van der Waals surface area (Å²) in [6.45, 7) is 3.49. The molecule has 5 heteroatoms. The highest BCUT2D eigenvalue weighted by molar-refractivity contribution is 14.1. The van der Waals surface area contributed by atoms with Crippen molar-refractivity contribution in [2.75, 3.05) is 13.1 Å². The van der Waals surface area contributed by atoms with E-state index in [-0.39, 0.29) is 24.4 Å². The maximum atomic E-state index is 12.2. The Morgan fingerprint density at radius 2 is 2.24 bits per heavy atom. The zero-order valence-corrected chi connectivity index (χ0v) is 12.6. The van der Waals surface area contributed by atoms with Crippen molar-refractivity contribution in [2.45, 2.75) is 19.4 Å². The van der Waals surface area contributed by atoms with Gasteiger partial charge in [-0.05, 0) is 47.6 Å². The van der Waals surface area contributed by atoms with Crippen LogP contribution in [0.2, 0.25) is 0 Å². The van der Waals surface area contributed by atoms with Gasteiger partial charge >= 0.3 is 0 Å². The molecular weight excluding hydrogens is 351 g/mol. The zero-order chi connectivity index (χ0) is 11.7. The van der Waals surface area contributed by atoms with Crippen LogP contribution in [-0.4, -0.2) is 29.9 Å². The first-order chi connectivity index (χ1) is 7.59. The maximum Gasteiger partial charge on any atom is 0.254 e. The second-order valence-electron chi connectivity index (χ2n) is 4.24. The van der Waals surface area contributed by atoms with Crippen LogP contribution in [0.4, 0.5) is 0 Å². The summed E-state index contributed by atoms with van der Waals surface area (Å²) < 4.78 is 1.05. The van der Waals surface area contributed by atoms with E-state index in [1.54, 1.807) is 0 Å². The molecule has 1 heterocycles. The van der Waals surface area contributed by atoms with Gasteiger partial charge in [-0.1, -0.05) is 12.1 Å². The number of nitrogens with zero attached hydrogens (tertiary/aromatic N) is 1. The lowest BCUT2D eigenvalue weighted by atomic mass is 10.1. The topological polar surface area (TPSA) is 46.3 Å². The van der Waals surface area contributed by atoms with Crippen molar-refractivity contribution in [3.05, 3.63) is 32.9 Å². The molecule has 0 bridgehead atoms. The van der Waals surface area contributed by atoms with Crippen LogP contribution in [0.3, 0.4) is 0 Å². The molecule has 0 radical (unpaired) electrons. The van der Waals surface area contributed by atoms with Crippen molar-refractivity contribution in [1.29, 1.82) is 0 Å². The Bertz CT molecular complexity index is 425. The van der Waals surface area contributed by atoms with Gasteiger partial charge in [0.05, 0.1) is 5.56 Å². The van der Waals surface area contributed by atoms with Gasteiger partial charge in [-0.15, -0.1) is 12.4 Å². The number of carbonyl (C=O) groups excluding carboxylic acids is 1. The van der Waals surface area contributed by atoms with Gasteiger partial charge in [0.2, 0.25) is 0 Å². The van der Waals surface area contributed by atoms with E-state index in [2.05, 4.69) is 22.6 Å². The van der Waals surface area contributed by atoms with Gasteiger partial charge < -0.3 is 10.6 Å². The third-order valence-corrected chi connectivity index (χ3v) is 4.37. The van der Waals surface area contributed by atoms with Gasteiger partial charge in [-0.3, -0.25) is 4.79 Å². The standard InChI is InChI=1S/C12H15IN2O.ClH/c1-8-3-2-4-10(11(8)13)12(16)15-6-5-9(14)7-15;/h2-4,9H,5-7,14H2,1H3;1H. The second-order valence-corrected chi connectivity index (χ2v) is 5.32. The van der Waals surface area contributed by atoms with Gasteiger partial charge in [0.25, 0.3) is 5.91 Å². The molecule has 2 N–H and O–H groups in total.